The van der Waals surface area contributed by atoms with E-state index in [-0.39, 0.29) is 6.03 Å². The van der Waals surface area contributed by atoms with E-state index in [0.29, 0.717) is 19.6 Å². The Morgan fingerprint density at radius 1 is 1.00 bits per heavy atom. The van der Waals surface area contributed by atoms with Crippen LogP contribution >= 0.6 is 11.6 Å². The first kappa shape index (κ1) is 19.3. The molecule has 1 saturated heterocycles. The largest absolute Gasteiger partial charge is 0.367 e. The third-order valence-corrected chi connectivity index (χ3v) is 5.47. The van der Waals surface area contributed by atoms with Crippen LogP contribution in [-0.2, 0) is 13.1 Å². The molecule has 3 aromatic rings. The molecule has 2 aromatic carbocycles. The molecule has 0 aliphatic carbocycles. The molecule has 0 bridgehead atoms. The highest BCUT2D eigenvalue weighted by atomic mass is 35.5. The van der Waals surface area contributed by atoms with Crippen molar-refractivity contribution < 1.29 is 4.79 Å². The molecule has 0 radical (unpaired) electrons. The molecule has 1 aromatic heterocycles. The van der Waals surface area contributed by atoms with Gasteiger partial charge in [-0.3, -0.25) is 0 Å². The zero-order valence-corrected chi connectivity index (χ0v) is 16.9. The first-order chi connectivity index (χ1) is 14.2. The number of carbonyl (C=O) groups excluding carboxylic acids is 1. The van der Waals surface area contributed by atoms with Gasteiger partial charge >= 0.3 is 6.03 Å². The van der Waals surface area contributed by atoms with Crippen molar-refractivity contribution in [1.29, 1.82) is 0 Å². The molecule has 2 amide bonds. The standard InChI is InChI=1S/C22H24ClN5O/c23-20-3-1-2-4-21(20)27-11-13-28(14-12-27)22(29)25-15-18-5-7-19(8-6-18)16-26-10-9-24-17-26/h1-10,17H,11-16H2,(H,25,29). The topological polar surface area (TPSA) is 53.4 Å². The molecule has 29 heavy (non-hydrogen) atoms. The van der Waals surface area contributed by atoms with Crippen LogP contribution in [0.3, 0.4) is 0 Å². The SMILES string of the molecule is O=C(NCc1ccc(Cn2ccnc2)cc1)N1CCN(c2ccccc2Cl)CC1. The number of amides is 2. The van der Waals surface area contributed by atoms with Crippen LogP contribution in [0.4, 0.5) is 10.5 Å². The van der Waals surface area contributed by atoms with E-state index in [2.05, 4.69) is 39.5 Å². The third-order valence-electron chi connectivity index (χ3n) is 5.15. The number of piperazine rings is 1. The number of carbonyl (C=O) groups is 1. The summed E-state index contributed by atoms with van der Waals surface area (Å²) in [6.45, 7) is 4.24. The minimum atomic E-state index is -0.0219. The molecule has 0 atom stereocenters. The van der Waals surface area contributed by atoms with E-state index in [0.717, 1.165) is 35.9 Å². The number of nitrogens with one attached hydrogen (secondary N) is 1. The molecule has 4 rings (SSSR count). The second-order valence-electron chi connectivity index (χ2n) is 7.14. The predicted molar refractivity (Wildman–Crippen MR) is 115 cm³/mol. The van der Waals surface area contributed by atoms with Gasteiger partial charge in [0.25, 0.3) is 0 Å². The lowest BCUT2D eigenvalue weighted by Gasteiger charge is -2.36. The highest BCUT2D eigenvalue weighted by Crippen LogP contribution is 2.26. The van der Waals surface area contributed by atoms with Gasteiger partial charge < -0.3 is 19.7 Å². The number of hydrogen-bond donors (Lipinski definition) is 1. The van der Waals surface area contributed by atoms with E-state index in [1.54, 1.807) is 12.5 Å². The summed E-state index contributed by atoms with van der Waals surface area (Å²) in [4.78, 5) is 20.7. The van der Waals surface area contributed by atoms with Crippen molar-refractivity contribution in [3.05, 3.63) is 83.4 Å². The maximum atomic E-state index is 12.5. The summed E-state index contributed by atoms with van der Waals surface area (Å²) in [5.41, 5.74) is 3.32. The number of nitrogens with zero attached hydrogens (tertiary/aromatic N) is 4. The minimum absolute atomic E-state index is 0.0219. The molecular weight excluding hydrogens is 386 g/mol. The van der Waals surface area contributed by atoms with Gasteiger partial charge in [0.05, 0.1) is 17.0 Å². The molecule has 2 heterocycles. The van der Waals surface area contributed by atoms with Crippen molar-refractivity contribution in [2.24, 2.45) is 0 Å². The Morgan fingerprint density at radius 2 is 1.72 bits per heavy atom. The van der Waals surface area contributed by atoms with Crippen LogP contribution in [0.25, 0.3) is 0 Å². The Bertz CT molecular complexity index is 934. The van der Waals surface area contributed by atoms with Gasteiger partial charge in [-0.1, -0.05) is 48.0 Å². The molecule has 0 unspecified atom stereocenters. The first-order valence-corrected chi connectivity index (χ1v) is 10.1. The molecule has 0 saturated carbocycles. The smallest absolute Gasteiger partial charge is 0.317 e. The van der Waals surface area contributed by atoms with E-state index < -0.39 is 0 Å². The summed E-state index contributed by atoms with van der Waals surface area (Å²) in [7, 11) is 0. The van der Waals surface area contributed by atoms with Crippen molar-refractivity contribution in [3.8, 4) is 0 Å². The molecule has 6 nitrogen and oxygen atoms in total. The summed E-state index contributed by atoms with van der Waals surface area (Å²) >= 11 is 6.29. The van der Waals surface area contributed by atoms with Gasteiger partial charge in [0.15, 0.2) is 0 Å². The lowest BCUT2D eigenvalue weighted by Crippen LogP contribution is -2.51. The fraction of sp³-hybridized carbons (Fsp3) is 0.273. The summed E-state index contributed by atoms with van der Waals surface area (Å²) < 4.78 is 2.03. The second-order valence-corrected chi connectivity index (χ2v) is 7.54. The Balaban J connectivity index is 1.24. The molecule has 1 aliphatic rings. The van der Waals surface area contributed by atoms with Gasteiger partial charge in [0.2, 0.25) is 0 Å². The first-order valence-electron chi connectivity index (χ1n) is 9.75. The summed E-state index contributed by atoms with van der Waals surface area (Å²) in [5, 5.41) is 3.78. The number of rotatable bonds is 5. The zero-order chi connectivity index (χ0) is 20.1. The Hall–Kier alpha value is -2.99. The van der Waals surface area contributed by atoms with E-state index in [4.69, 9.17) is 11.6 Å². The van der Waals surface area contributed by atoms with Crippen molar-refractivity contribution in [3.63, 3.8) is 0 Å². The average molecular weight is 410 g/mol. The number of imidazole rings is 1. The third kappa shape index (κ3) is 4.90. The summed E-state index contributed by atoms with van der Waals surface area (Å²) in [6, 6.07) is 16.1. The molecule has 1 fully saturated rings. The lowest BCUT2D eigenvalue weighted by molar-refractivity contribution is 0.194. The number of hydrogen-bond acceptors (Lipinski definition) is 3. The van der Waals surface area contributed by atoms with E-state index in [1.165, 1.54) is 5.56 Å². The summed E-state index contributed by atoms with van der Waals surface area (Å²) in [6.07, 6.45) is 5.53. The molecule has 150 valence electrons. The van der Waals surface area contributed by atoms with Gasteiger partial charge in [-0.25, -0.2) is 9.78 Å². The van der Waals surface area contributed by atoms with Crippen molar-refractivity contribution >= 4 is 23.3 Å². The predicted octanol–water partition coefficient (Wildman–Crippen LogP) is 3.62. The van der Waals surface area contributed by atoms with Gasteiger partial charge in [-0.05, 0) is 23.3 Å². The van der Waals surface area contributed by atoms with Crippen molar-refractivity contribution in [2.45, 2.75) is 13.1 Å². The highest BCUT2D eigenvalue weighted by molar-refractivity contribution is 6.33. The summed E-state index contributed by atoms with van der Waals surface area (Å²) in [5.74, 6) is 0. The minimum Gasteiger partial charge on any atom is -0.367 e. The van der Waals surface area contributed by atoms with Crippen LogP contribution < -0.4 is 10.2 Å². The number of aromatic nitrogens is 2. The van der Waals surface area contributed by atoms with Gasteiger partial charge in [0, 0.05) is 51.7 Å². The normalized spacial score (nSPS) is 14.1. The molecule has 1 N–H and O–H groups in total. The van der Waals surface area contributed by atoms with Crippen LogP contribution in [0.15, 0.2) is 67.3 Å². The fourth-order valence-electron chi connectivity index (χ4n) is 3.50. The van der Waals surface area contributed by atoms with Gasteiger partial charge in [0.1, 0.15) is 0 Å². The molecular formula is C22H24ClN5O. The maximum Gasteiger partial charge on any atom is 0.317 e. The number of para-hydroxylation sites is 1. The van der Waals surface area contributed by atoms with Crippen LogP contribution in [0.2, 0.25) is 5.02 Å². The Morgan fingerprint density at radius 3 is 2.41 bits per heavy atom. The van der Waals surface area contributed by atoms with E-state index >= 15 is 0 Å². The number of urea groups is 1. The van der Waals surface area contributed by atoms with E-state index in [1.807, 2.05) is 39.9 Å². The van der Waals surface area contributed by atoms with E-state index in [9.17, 15) is 4.79 Å². The molecule has 1 aliphatic heterocycles. The highest BCUT2D eigenvalue weighted by Gasteiger charge is 2.22. The molecule has 0 spiro atoms. The monoisotopic (exact) mass is 409 g/mol. The van der Waals surface area contributed by atoms with Crippen molar-refractivity contribution in [2.75, 3.05) is 31.1 Å². The van der Waals surface area contributed by atoms with Crippen LogP contribution in [-0.4, -0.2) is 46.7 Å². The second kappa shape index (κ2) is 9.01. The number of halogens is 1. The quantitative estimate of drug-likeness (QED) is 0.700. The van der Waals surface area contributed by atoms with Crippen LogP contribution in [0.1, 0.15) is 11.1 Å². The number of anilines is 1. The van der Waals surface area contributed by atoms with Crippen LogP contribution in [0.5, 0.6) is 0 Å². The van der Waals surface area contributed by atoms with Gasteiger partial charge in [-0.15, -0.1) is 0 Å². The lowest BCUT2D eigenvalue weighted by atomic mass is 10.1. The average Bonchev–Trinajstić information content (AvgIpc) is 3.27. The zero-order valence-electron chi connectivity index (χ0n) is 16.2. The van der Waals surface area contributed by atoms with Crippen molar-refractivity contribution in [1.82, 2.24) is 19.8 Å². The Labute approximate surface area is 175 Å². The molecule has 7 heteroatoms. The van der Waals surface area contributed by atoms with Gasteiger partial charge in [-0.2, -0.15) is 0 Å². The fourth-order valence-corrected chi connectivity index (χ4v) is 3.76. The number of benzene rings is 2. The maximum absolute atomic E-state index is 12.5. The Kier molecular flexibility index (Phi) is 6.00. The van der Waals surface area contributed by atoms with Crippen LogP contribution in [0, 0.1) is 0 Å².